The van der Waals surface area contributed by atoms with Crippen molar-refractivity contribution in [1.29, 1.82) is 0 Å². The van der Waals surface area contributed by atoms with Crippen molar-refractivity contribution in [2.45, 2.75) is 20.0 Å². The molecule has 0 aliphatic heterocycles. The van der Waals surface area contributed by atoms with E-state index in [2.05, 4.69) is 31.1 Å². The molecule has 1 amide bonds. The number of amides is 1. The van der Waals surface area contributed by atoms with Crippen molar-refractivity contribution < 1.29 is 4.79 Å². The molecule has 27 heavy (non-hydrogen) atoms. The highest BCUT2D eigenvalue weighted by molar-refractivity contribution is 9.10. The summed E-state index contributed by atoms with van der Waals surface area (Å²) in [5.41, 5.74) is 2.76. The van der Waals surface area contributed by atoms with Gasteiger partial charge in [0.2, 0.25) is 0 Å². The Morgan fingerprint density at radius 1 is 1.37 bits per heavy atom. The molecular formula is C18H17BrN6OS. The number of hydrogen-bond donors (Lipinski definition) is 0. The van der Waals surface area contributed by atoms with Gasteiger partial charge in [-0.25, -0.2) is 9.50 Å². The average Bonchev–Trinajstić information content (AvgIpc) is 3.41. The number of carbonyl (C=O) groups excluding carboxylic acids is 1. The lowest BCUT2D eigenvalue weighted by atomic mass is 10.2. The van der Waals surface area contributed by atoms with Crippen LogP contribution in [0.5, 0.6) is 0 Å². The zero-order chi connectivity index (χ0) is 19.0. The van der Waals surface area contributed by atoms with Crippen LogP contribution in [0.15, 0.2) is 46.6 Å². The van der Waals surface area contributed by atoms with E-state index in [-0.39, 0.29) is 5.91 Å². The fraction of sp³-hybridized carbons (Fsp3) is 0.222. The summed E-state index contributed by atoms with van der Waals surface area (Å²) in [5.74, 6) is -0.140. The van der Waals surface area contributed by atoms with Gasteiger partial charge in [0, 0.05) is 26.0 Å². The molecule has 0 unspecified atom stereocenters. The van der Waals surface area contributed by atoms with Crippen molar-refractivity contribution in [2.24, 2.45) is 0 Å². The first kappa shape index (κ1) is 17.9. The monoisotopic (exact) mass is 444 g/mol. The second-order valence-electron chi connectivity index (χ2n) is 6.04. The number of hydrogen-bond acceptors (Lipinski definition) is 5. The van der Waals surface area contributed by atoms with E-state index >= 15 is 0 Å². The number of carbonyl (C=O) groups is 1. The molecule has 138 valence electrons. The molecule has 0 aliphatic carbocycles. The number of halogens is 1. The number of rotatable bonds is 5. The van der Waals surface area contributed by atoms with Crippen molar-refractivity contribution in [2.75, 3.05) is 7.05 Å². The quantitative estimate of drug-likeness (QED) is 0.470. The van der Waals surface area contributed by atoms with Crippen LogP contribution in [-0.4, -0.2) is 42.2 Å². The third-order valence-electron chi connectivity index (χ3n) is 4.25. The lowest BCUT2D eigenvalue weighted by Gasteiger charge is -2.15. The maximum absolute atomic E-state index is 13.0. The van der Waals surface area contributed by atoms with Gasteiger partial charge in [-0.3, -0.25) is 9.48 Å². The fourth-order valence-corrected chi connectivity index (χ4v) is 4.04. The SMILES string of the molecule is CCn1cc(Br)c(CN(C)C(=O)c2cnn3c(-c4cccs4)ccnc23)n1. The molecule has 4 aromatic rings. The van der Waals surface area contributed by atoms with Crippen molar-refractivity contribution in [1.82, 2.24) is 29.3 Å². The van der Waals surface area contributed by atoms with Crippen molar-refractivity contribution in [3.63, 3.8) is 0 Å². The Morgan fingerprint density at radius 2 is 2.22 bits per heavy atom. The van der Waals surface area contributed by atoms with Gasteiger partial charge in [0.1, 0.15) is 5.56 Å². The maximum Gasteiger partial charge on any atom is 0.259 e. The van der Waals surface area contributed by atoms with Crippen LogP contribution in [0.3, 0.4) is 0 Å². The number of nitrogens with zero attached hydrogens (tertiary/aromatic N) is 6. The lowest BCUT2D eigenvalue weighted by Crippen LogP contribution is -2.26. The largest absolute Gasteiger partial charge is 0.336 e. The topological polar surface area (TPSA) is 68.3 Å². The van der Waals surface area contributed by atoms with E-state index in [0.717, 1.165) is 27.3 Å². The van der Waals surface area contributed by atoms with Crippen molar-refractivity contribution in [3.05, 3.63) is 57.9 Å². The Hall–Kier alpha value is -2.52. The maximum atomic E-state index is 13.0. The molecule has 0 bridgehead atoms. The summed E-state index contributed by atoms with van der Waals surface area (Å²) in [4.78, 5) is 20.1. The zero-order valence-electron chi connectivity index (χ0n) is 14.8. The molecule has 0 N–H and O–H groups in total. The first-order valence-corrected chi connectivity index (χ1v) is 10.1. The van der Waals surface area contributed by atoms with E-state index in [0.29, 0.717) is 17.8 Å². The van der Waals surface area contributed by atoms with Gasteiger partial charge in [-0.1, -0.05) is 6.07 Å². The first-order valence-electron chi connectivity index (χ1n) is 8.42. The van der Waals surface area contributed by atoms with Gasteiger partial charge in [0.15, 0.2) is 5.65 Å². The van der Waals surface area contributed by atoms with Gasteiger partial charge in [0.25, 0.3) is 5.91 Å². The first-order chi connectivity index (χ1) is 13.1. The molecule has 7 nitrogen and oxygen atoms in total. The fourth-order valence-electron chi connectivity index (χ4n) is 2.86. The van der Waals surface area contributed by atoms with Crippen LogP contribution >= 0.6 is 27.3 Å². The second-order valence-corrected chi connectivity index (χ2v) is 7.84. The molecule has 0 radical (unpaired) electrons. The smallest absolute Gasteiger partial charge is 0.259 e. The summed E-state index contributed by atoms with van der Waals surface area (Å²) in [7, 11) is 1.76. The molecule has 4 rings (SSSR count). The summed E-state index contributed by atoms with van der Waals surface area (Å²) >= 11 is 5.13. The molecule has 0 aromatic carbocycles. The minimum atomic E-state index is -0.140. The van der Waals surface area contributed by atoms with E-state index in [4.69, 9.17) is 0 Å². The van der Waals surface area contributed by atoms with Gasteiger partial charge in [-0.05, 0) is 40.4 Å². The minimum absolute atomic E-state index is 0.140. The summed E-state index contributed by atoms with van der Waals surface area (Å²) in [5, 5.41) is 10.9. The molecule has 0 saturated heterocycles. The highest BCUT2D eigenvalue weighted by Gasteiger charge is 2.21. The highest BCUT2D eigenvalue weighted by atomic mass is 79.9. The molecule has 9 heteroatoms. The minimum Gasteiger partial charge on any atom is -0.336 e. The van der Waals surface area contributed by atoms with Crippen molar-refractivity contribution in [3.8, 4) is 10.6 Å². The van der Waals surface area contributed by atoms with Crippen LogP contribution in [0.4, 0.5) is 0 Å². The molecule has 0 aliphatic rings. The number of thiophene rings is 1. The predicted octanol–water partition coefficient (Wildman–Crippen LogP) is 3.71. The Kier molecular flexibility index (Phi) is 4.79. The number of aryl methyl sites for hydroxylation is 1. The zero-order valence-corrected chi connectivity index (χ0v) is 17.2. The van der Waals surface area contributed by atoms with E-state index < -0.39 is 0 Å². The molecule has 0 spiro atoms. The summed E-state index contributed by atoms with van der Waals surface area (Å²) in [6.07, 6.45) is 5.21. The van der Waals surface area contributed by atoms with Gasteiger partial charge in [-0.15, -0.1) is 11.3 Å². The molecule has 4 aromatic heterocycles. The second kappa shape index (κ2) is 7.24. The molecule has 0 atom stereocenters. The summed E-state index contributed by atoms with van der Waals surface area (Å²) < 4.78 is 4.44. The standard InChI is InChI=1S/C18H17BrN6OS/c1-3-24-10-13(19)14(22-24)11-23(2)18(26)12-9-21-25-15(6-7-20-17(12)25)16-5-4-8-27-16/h4-10H,3,11H2,1-2H3. The Morgan fingerprint density at radius 3 is 2.93 bits per heavy atom. The van der Waals surface area contributed by atoms with Crippen LogP contribution in [0.1, 0.15) is 23.0 Å². The Balaban J connectivity index is 1.64. The predicted molar refractivity (Wildman–Crippen MR) is 108 cm³/mol. The van der Waals surface area contributed by atoms with Crippen LogP contribution in [0.2, 0.25) is 0 Å². The third-order valence-corrected chi connectivity index (χ3v) is 5.80. The third kappa shape index (κ3) is 3.28. The average molecular weight is 445 g/mol. The highest BCUT2D eigenvalue weighted by Crippen LogP contribution is 2.26. The van der Waals surface area contributed by atoms with E-state index in [1.807, 2.05) is 41.4 Å². The van der Waals surface area contributed by atoms with Gasteiger partial charge < -0.3 is 4.90 Å². The van der Waals surface area contributed by atoms with Gasteiger partial charge in [0.05, 0.1) is 33.5 Å². The number of fused-ring (bicyclic) bond motifs is 1. The molecular weight excluding hydrogens is 428 g/mol. The molecule has 0 saturated carbocycles. The van der Waals surface area contributed by atoms with Crippen LogP contribution in [0, 0.1) is 0 Å². The Labute approximate surface area is 168 Å². The Bertz CT molecular complexity index is 1100. The van der Waals surface area contributed by atoms with Crippen LogP contribution in [-0.2, 0) is 13.1 Å². The van der Waals surface area contributed by atoms with Crippen molar-refractivity contribution >= 4 is 38.8 Å². The number of aromatic nitrogens is 5. The van der Waals surface area contributed by atoms with Crippen LogP contribution in [0.25, 0.3) is 16.2 Å². The summed E-state index contributed by atoms with van der Waals surface area (Å²) in [6.45, 7) is 3.20. The van der Waals surface area contributed by atoms with E-state index in [1.165, 1.54) is 0 Å². The van der Waals surface area contributed by atoms with Crippen LogP contribution < -0.4 is 0 Å². The lowest BCUT2D eigenvalue weighted by molar-refractivity contribution is 0.0784. The van der Waals surface area contributed by atoms with Gasteiger partial charge >= 0.3 is 0 Å². The molecule has 0 fully saturated rings. The summed E-state index contributed by atoms with van der Waals surface area (Å²) in [6, 6.07) is 5.91. The van der Waals surface area contributed by atoms with E-state index in [1.54, 1.807) is 40.2 Å². The van der Waals surface area contributed by atoms with Gasteiger partial charge in [-0.2, -0.15) is 10.2 Å². The molecule has 4 heterocycles. The van der Waals surface area contributed by atoms with E-state index in [9.17, 15) is 4.79 Å². The normalized spacial score (nSPS) is 11.2.